The van der Waals surface area contributed by atoms with Crippen LogP contribution in [-0.4, -0.2) is 37.1 Å². The fourth-order valence-corrected chi connectivity index (χ4v) is 2.83. The van der Waals surface area contributed by atoms with Crippen LogP contribution < -0.4 is 5.32 Å². The Morgan fingerprint density at radius 1 is 1.08 bits per heavy atom. The molecule has 2 aromatic carbocycles. The average Bonchev–Trinajstić information content (AvgIpc) is 2.63. The van der Waals surface area contributed by atoms with Crippen LogP contribution in [0.15, 0.2) is 42.5 Å². The molecule has 1 aliphatic heterocycles. The van der Waals surface area contributed by atoms with E-state index in [4.69, 9.17) is 4.74 Å². The maximum atomic E-state index is 13.7. The van der Waals surface area contributed by atoms with Crippen molar-refractivity contribution in [1.29, 1.82) is 0 Å². The van der Waals surface area contributed by atoms with Gasteiger partial charge in [0, 0.05) is 26.2 Å². The van der Waals surface area contributed by atoms with Crippen LogP contribution in [0.1, 0.15) is 21.5 Å². The molecule has 1 fully saturated rings. The molecule has 1 saturated heterocycles. The first-order valence-electron chi connectivity index (χ1n) is 8.23. The van der Waals surface area contributed by atoms with E-state index in [0.717, 1.165) is 62.2 Å². The molecule has 4 nitrogen and oxygen atoms in total. The summed E-state index contributed by atoms with van der Waals surface area (Å²) >= 11 is 0. The van der Waals surface area contributed by atoms with E-state index in [1.54, 1.807) is 0 Å². The van der Waals surface area contributed by atoms with Crippen molar-refractivity contribution in [2.24, 2.45) is 0 Å². The quantitative estimate of drug-likeness (QED) is 0.905. The predicted molar refractivity (Wildman–Crippen MR) is 90.1 cm³/mol. The van der Waals surface area contributed by atoms with Gasteiger partial charge in [0.25, 0.3) is 5.91 Å². The maximum Gasteiger partial charge on any atom is 0.254 e. The van der Waals surface area contributed by atoms with Gasteiger partial charge >= 0.3 is 0 Å². The topological polar surface area (TPSA) is 41.6 Å². The summed E-state index contributed by atoms with van der Waals surface area (Å²) in [5, 5.41) is 2.67. The zero-order chi connectivity index (χ0) is 17.6. The van der Waals surface area contributed by atoms with Gasteiger partial charge in [0.05, 0.1) is 18.8 Å². The number of ether oxygens (including phenoxy) is 1. The number of carbonyl (C=O) groups is 1. The lowest BCUT2D eigenvalue weighted by atomic mass is 10.1. The van der Waals surface area contributed by atoms with E-state index < -0.39 is 17.5 Å². The standard InChI is InChI=1S/C19H20F2N2O2/c20-16-5-6-18(21)17(11-16)19(24)22-12-14-3-1-2-4-15(14)13-23-7-9-25-10-8-23/h1-6,11H,7-10,12-13H2,(H,22,24). The van der Waals surface area contributed by atoms with Gasteiger partial charge < -0.3 is 10.1 Å². The highest BCUT2D eigenvalue weighted by atomic mass is 19.1. The van der Waals surface area contributed by atoms with Gasteiger partial charge in [-0.15, -0.1) is 0 Å². The first-order chi connectivity index (χ1) is 12.1. The van der Waals surface area contributed by atoms with Crippen molar-refractivity contribution in [3.8, 4) is 0 Å². The van der Waals surface area contributed by atoms with Crippen molar-refractivity contribution in [3.63, 3.8) is 0 Å². The lowest BCUT2D eigenvalue weighted by Gasteiger charge is -2.27. The predicted octanol–water partition coefficient (Wildman–Crippen LogP) is 2.73. The molecule has 0 radical (unpaired) electrons. The Kier molecular flexibility index (Phi) is 5.73. The monoisotopic (exact) mass is 346 g/mol. The first-order valence-corrected chi connectivity index (χ1v) is 8.23. The van der Waals surface area contributed by atoms with E-state index in [1.807, 2.05) is 24.3 Å². The van der Waals surface area contributed by atoms with E-state index in [9.17, 15) is 13.6 Å². The van der Waals surface area contributed by atoms with Gasteiger partial charge in [0.1, 0.15) is 11.6 Å². The van der Waals surface area contributed by atoms with Crippen LogP contribution in [0.5, 0.6) is 0 Å². The third-order valence-corrected chi connectivity index (χ3v) is 4.23. The molecule has 2 aromatic rings. The molecular weight excluding hydrogens is 326 g/mol. The van der Waals surface area contributed by atoms with Crippen molar-refractivity contribution in [2.75, 3.05) is 26.3 Å². The van der Waals surface area contributed by atoms with Crippen LogP contribution >= 0.6 is 0 Å². The summed E-state index contributed by atoms with van der Waals surface area (Å²) in [6.07, 6.45) is 0. The number of nitrogens with one attached hydrogen (secondary N) is 1. The molecule has 3 rings (SSSR count). The Morgan fingerprint density at radius 2 is 1.80 bits per heavy atom. The highest BCUT2D eigenvalue weighted by Gasteiger charge is 2.15. The van der Waals surface area contributed by atoms with Crippen LogP contribution in [-0.2, 0) is 17.8 Å². The van der Waals surface area contributed by atoms with Gasteiger partial charge in [-0.1, -0.05) is 24.3 Å². The number of benzene rings is 2. The minimum Gasteiger partial charge on any atom is -0.379 e. The van der Waals surface area contributed by atoms with Gasteiger partial charge in [0.15, 0.2) is 0 Å². The van der Waals surface area contributed by atoms with Crippen molar-refractivity contribution in [3.05, 3.63) is 70.8 Å². The molecule has 0 aliphatic carbocycles. The number of hydrogen-bond acceptors (Lipinski definition) is 3. The summed E-state index contributed by atoms with van der Waals surface area (Å²) in [4.78, 5) is 14.4. The number of halogens is 2. The Morgan fingerprint density at radius 3 is 2.56 bits per heavy atom. The third-order valence-electron chi connectivity index (χ3n) is 4.23. The average molecular weight is 346 g/mol. The number of nitrogens with zero attached hydrogens (tertiary/aromatic N) is 1. The molecule has 6 heteroatoms. The zero-order valence-electron chi connectivity index (χ0n) is 13.8. The molecule has 132 valence electrons. The lowest BCUT2D eigenvalue weighted by molar-refractivity contribution is 0.0340. The molecule has 0 unspecified atom stereocenters. The fraction of sp³-hybridized carbons (Fsp3) is 0.316. The van der Waals surface area contributed by atoms with E-state index in [1.165, 1.54) is 0 Å². The molecule has 0 spiro atoms. The zero-order valence-corrected chi connectivity index (χ0v) is 13.8. The van der Waals surface area contributed by atoms with Crippen LogP contribution in [0.25, 0.3) is 0 Å². The van der Waals surface area contributed by atoms with Crippen molar-refractivity contribution >= 4 is 5.91 Å². The molecule has 1 aliphatic rings. The van der Waals surface area contributed by atoms with Crippen LogP contribution in [0.2, 0.25) is 0 Å². The molecule has 25 heavy (non-hydrogen) atoms. The fourth-order valence-electron chi connectivity index (χ4n) is 2.83. The lowest BCUT2D eigenvalue weighted by Crippen LogP contribution is -2.36. The Bertz CT molecular complexity index is 746. The highest BCUT2D eigenvalue weighted by Crippen LogP contribution is 2.14. The molecule has 1 amide bonds. The second-order valence-corrected chi connectivity index (χ2v) is 5.96. The summed E-state index contributed by atoms with van der Waals surface area (Å²) in [6.45, 7) is 4.21. The molecule has 0 aromatic heterocycles. The van der Waals surface area contributed by atoms with E-state index in [-0.39, 0.29) is 12.1 Å². The molecular formula is C19H20F2N2O2. The third kappa shape index (κ3) is 4.61. The number of rotatable bonds is 5. The van der Waals surface area contributed by atoms with Crippen molar-refractivity contribution in [2.45, 2.75) is 13.1 Å². The van der Waals surface area contributed by atoms with E-state index in [0.29, 0.717) is 0 Å². The summed E-state index contributed by atoms with van der Waals surface area (Å²) in [7, 11) is 0. The van der Waals surface area contributed by atoms with E-state index in [2.05, 4.69) is 10.2 Å². The maximum absolute atomic E-state index is 13.7. The summed E-state index contributed by atoms with van der Waals surface area (Å²) in [5.41, 5.74) is 1.77. The minimum atomic E-state index is -0.736. The highest BCUT2D eigenvalue weighted by molar-refractivity contribution is 5.94. The van der Waals surface area contributed by atoms with Gasteiger partial charge in [-0.05, 0) is 29.3 Å². The molecule has 1 heterocycles. The summed E-state index contributed by atoms with van der Waals surface area (Å²) < 4.78 is 32.3. The minimum absolute atomic E-state index is 0.259. The van der Waals surface area contributed by atoms with Crippen LogP contribution in [0.3, 0.4) is 0 Å². The van der Waals surface area contributed by atoms with Gasteiger partial charge in [-0.2, -0.15) is 0 Å². The number of carbonyl (C=O) groups excluding carboxylic acids is 1. The van der Waals surface area contributed by atoms with Gasteiger partial charge in [0.2, 0.25) is 0 Å². The number of hydrogen-bond donors (Lipinski definition) is 1. The smallest absolute Gasteiger partial charge is 0.254 e. The van der Waals surface area contributed by atoms with Gasteiger partial charge in [-0.25, -0.2) is 8.78 Å². The largest absolute Gasteiger partial charge is 0.379 e. The molecule has 0 atom stereocenters. The second kappa shape index (κ2) is 8.18. The van der Waals surface area contributed by atoms with Crippen molar-refractivity contribution in [1.82, 2.24) is 10.2 Å². The SMILES string of the molecule is O=C(NCc1ccccc1CN1CCOCC1)c1cc(F)ccc1F. The molecule has 0 saturated carbocycles. The summed E-state index contributed by atoms with van der Waals surface area (Å²) in [5.74, 6) is -2.00. The van der Waals surface area contributed by atoms with Gasteiger partial charge in [-0.3, -0.25) is 9.69 Å². The molecule has 1 N–H and O–H groups in total. The van der Waals surface area contributed by atoms with Crippen LogP contribution in [0.4, 0.5) is 8.78 Å². The normalized spacial score (nSPS) is 15.1. The van der Waals surface area contributed by atoms with E-state index >= 15 is 0 Å². The second-order valence-electron chi connectivity index (χ2n) is 5.96. The molecule has 0 bridgehead atoms. The number of amides is 1. The number of morpholine rings is 1. The summed E-state index contributed by atoms with van der Waals surface area (Å²) in [6, 6.07) is 10.6. The first kappa shape index (κ1) is 17.5. The Hall–Kier alpha value is -2.31. The van der Waals surface area contributed by atoms with Crippen LogP contribution in [0, 0.1) is 11.6 Å². The van der Waals surface area contributed by atoms with Crippen molar-refractivity contribution < 1.29 is 18.3 Å². The Labute approximate surface area is 145 Å². The Balaban J connectivity index is 1.66.